The Morgan fingerprint density at radius 2 is 1.93 bits per heavy atom. The van der Waals surface area contributed by atoms with Crippen molar-refractivity contribution in [2.24, 2.45) is 16.5 Å². The number of guanidine groups is 1. The highest BCUT2D eigenvalue weighted by Crippen LogP contribution is 2.30. The molecule has 1 heterocycles. The normalized spacial score (nSPS) is 13.9. The van der Waals surface area contributed by atoms with E-state index in [4.69, 9.17) is 21.5 Å². The molecule has 0 aliphatic heterocycles. The van der Waals surface area contributed by atoms with Gasteiger partial charge in [0.05, 0.1) is 35.7 Å². The van der Waals surface area contributed by atoms with E-state index in [1.54, 1.807) is 62.7 Å². The van der Waals surface area contributed by atoms with Crippen LogP contribution >= 0.6 is 11.3 Å². The minimum absolute atomic E-state index is 0.107. The summed E-state index contributed by atoms with van der Waals surface area (Å²) in [5.74, 6) is -0.147. The van der Waals surface area contributed by atoms with Gasteiger partial charge in [0, 0.05) is 18.1 Å². The number of nitrogens with two attached hydrogens (primary N) is 2. The van der Waals surface area contributed by atoms with Crippen LogP contribution in [0, 0.1) is 32.1 Å². The Hall–Kier alpha value is -4.03. The Morgan fingerprint density at radius 1 is 1.23 bits per heavy atom. The first kappa shape index (κ1) is 33.5. The second-order valence-corrected chi connectivity index (χ2v) is 12.6. The van der Waals surface area contributed by atoms with Gasteiger partial charge in [-0.2, -0.15) is 5.26 Å². The maximum atomic E-state index is 13.1. The predicted molar refractivity (Wildman–Crippen MR) is 165 cm³/mol. The number of aliphatic hydroxyl groups is 1. The lowest BCUT2D eigenvalue weighted by Crippen LogP contribution is -2.48. The molecule has 0 aliphatic rings. The van der Waals surface area contributed by atoms with Gasteiger partial charge < -0.3 is 26.6 Å². The first-order valence-electron chi connectivity index (χ1n) is 13.5. The molecule has 3 rings (SSSR count). The van der Waals surface area contributed by atoms with Gasteiger partial charge in [-0.05, 0) is 80.5 Å². The molecular formula is C29H37N7O5S2. The Morgan fingerprint density at radius 3 is 2.53 bits per heavy atom. The largest absolute Gasteiger partial charge is 0.496 e. The lowest BCUT2D eigenvalue weighted by molar-refractivity contribution is -0.124. The van der Waals surface area contributed by atoms with Gasteiger partial charge in [0.15, 0.2) is 0 Å². The topological polar surface area (TPSA) is 206 Å². The summed E-state index contributed by atoms with van der Waals surface area (Å²) in [7, 11) is -2.49. The minimum atomic E-state index is -4.02. The van der Waals surface area contributed by atoms with Crippen LogP contribution in [-0.2, 0) is 21.2 Å². The highest BCUT2D eigenvalue weighted by molar-refractivity contribution is 7.90. The number of thiazole rings is 1. The van der Waals surface area contributed by atoms with Crippen LogP contribution in [0.3, 0.4) is 0 Å². The van der Waals surface area contributed by atoms with Crippen LogP contribution in [0.15, 0.2) is 51.8 Å². The molecule has 7 N–H and O–H groups in total. The molecule has 1 aromatic heterocycles. The van der Waals surface area contributed by atoms with E-state index in [-0.39, 0.29) is 30.2 Å². The van der Waals surface area contributed by atoms with Gasteiger partial charge in [0.25, 0.3) is 10.0 Å². The number of aliphatic imine (C=N–C) groups is 1. The Balaban J connectivity index is 1.65. The third-order valence-electron chi connectivity index (χ3n) is 6.95. The number of carbonyl (C=O) groups is 1. The Labute approximate surface area is 255 Å². The minimum Gasteiger partial charge on any atom is -0.496 e. The van der Waals surface area contributed by atoms with Crippen LogP contribution in [0.4, 0.5) is 0 Å². The smallest absolute Gasteiger partial charge is 0.264 e. The number of sulfonamides is 1. The summed E-state index contributed by atoms with van der Waals surface area (Å²) in [6, 6.07) is 8.86. The number of hydrogen-bond acceptors (Lipinski definition) is 10. The predicted octanol–water partition coefficient (Wildman–Crippen LogP) is 2.11. The molecule has 2 aromatic carbocycles. The molecule has 0 spiro atoms. The van der Waals surface area contributed by atoms with Gasteiger partial charge in [-0.25, -0.2) is 18.1 Å². The number of nitriles is 1. The monoisotopic (exact) mass is 627 g/mol. The third-order valence-corrected chi connectivity index (χ3v) is 9.44. The molecule has 0 bridgehead atoms. The average molecular weight is 628 g/mol. The first-order chi connectivity index (χ1) is 20.4. The molecule has 3 aromatic rings. The zero-order valence-electron chi connectivity index (χ0n) is 24.5. The molecule has 0 saturated heterocycles. The molecule has 0 aliphatic carbocycles. The number of aliphatic hydroxyl groups excluding tert-OH is 1. The number of amides is 1. The zero-order chi connectivity index (χ0) is 31.7. The van der Waals surface area contributed by atoms with E-state index in [1.165, 1.54) is 18.4 Å². The van der Waals surface area contributed by atoms with E-state index in [9.17, 15) is 18.3 Å². The van der Waals surface area contributed by atoms with Crippen molar-refractivity contribution < 1.29 is 23.1 Å². The lowest BCUT2D eigenvalue weighted by Gasteiger charge is -2.24. The van der Waals surface area contributed by atoms with Crippen molar-refractivity contribution >= 4 is 33.2 Å². The van der Waals surface area contributed by atoms with Crippen molar-refractivity contribution in [3.63, 3.8) is 0 Å². The summed E-state index contributed by atoms with van der Waals surface area (Å²) in [5.41, 5.74) is 15.1. The van der Waals surface area contributed by atoms with Crippen LogP contribution in [-0.4, -0.2) is 56.1 Å². The van der Waals surface area contributed by atoms with E-state index < -0.39 is 34.1 Å². The number of benzene rings is 2. The van der Waals surface area contributed by atoms with Gasteiger partial charge in [-0.15, -0.1) is 11.3 Å². The molecule has 0 fully saturated rings. The van der Waals surface area contributed by atoms with E-state index in [2.05, 4.69) is 20.0 Å². The maximum absolute atomic E-state index is 13.1. The van der Waals surface area contributed by atoms with Gasteiger partial charge in [-0.1, -0.05) is 12.1 Å². The van der Waals surface area contributed by atoms with Crippen LogP contribution < -0.4 is 26.2 Å². The van der Waals surface area contributed by atoms with Crippen LogP contribution in [0.2, 0.25) is 0 Å². The second kappa shape index (κ2) is 14.9. The van der Waals surface area contributed by atoms with Crippen molar-refractivity contribution in [1.29, 1.82) is 5.26 Å². The molecule has 3 atom stereocenters. The number of aryl methyl sites for hydroxylation is 1. The molecule has 12 nitrogen and oxygen atoms in total. The third kappa shape index (κ3) is 8.74. The van der Waals surface area contributed by atoms with Crippen molar-refractivity contribution in [3.05, 3.63) is 74.7 Å². The fraction of sp³-hybridized carbons (Fsp3) is 0.379. The standard InChI is InChI=1S/C29H37N7O5S2/c1-17-14-24(41-4)18(2)19(3)26(17)43(39,40)36-29(32)34-11-5-6-23(25(37)28-33-12-13-42-28)35-27(38)22(31)15-20-7-9-21(16-30)10-8-20/h7-10,12-14,22-23,25,37H,5-6,11,15,31H2,1-4H3,(H,35,38)(H3,32,34,36)/t22-,23-,25?/m0/s1. The second-order valence-electron chi connectivity index (χ2n) is 10.0. The first-order valence-corrected chi connectivity index (χ1v) is 15.8. The number of methoxy groups -OCH3 is 1. The molecule has 43 heavy (non-hydrogen) atoms. The van der Waals surface area contributed by atoms with E-state index in [0.29, 0.717) is 39.4 Å². The molecule has 1 unspecified atom stereocenters. The zero-order valence-corrected chi connectivity index (χ0v) is 26.1. The Bertz CT molecular complexity index is 1580. The van der Waals surface area contributed by atoms with Crippen LogP contribution in [0.1, 0.15) is 51.8 Å². The number of rotatable bonds is 13. The molecule has 1 amide bonds. The Kier molecular flexibility index (Phi) is 11.6. The van der Waals surface area contributed by atoms with Gasteiger partial charge in [0.2, 0.25) is 11.9 Å². The van der Waals surface area contributed by atoms with Gasteiger partial charge in [-0.3, -0.25) is 9.79 Å². The summed E-state index contributed by atoms with van der Waals surface area (Å²) in [6.07, 6.45) is 1.36. The fourth-order valence-electron chi connectivity index (χ4n) is 4.59. The molecule has 0 saturated carbocycles. The number of ether oxygens (including phenoxy) is 1. The summed E-state index contributed by atoms with van der Waals surface area (Å²) >= 11 is 1.25. The molecule has 0 radical (unpaired) electrons. The van der Waals surface area contributed by atoms with Crippen molar-refractivity contribution in [3.8, 4) is 11.8 Å². The average Bonchev–Trinajstić information content (AvgIpc) is 3.51. The fourth-order valence-corrected chi connectivity index (χ4v) is 6.76. The molecule has 230 valence electrons. The summed E-state index contributed by atoms with van der Waals surface area (Å²) in [4.78, 5) is 21.4. The van der Waals surface area contributed by atoms with Crippen LogP contribution in [0.5, 0.6) is 5.75 Å². The number of nitrogens with zero attached hydrogens (tertiary/aromatic N) is 3. The number of carbonyl (C=O) groups excluding carboxylic acids is 1. The SMILES string of the molecule is COc1cc(C)c(S(=O)(=O)NC(N)=NCCC[C@H](NC(=O)[C@@H](N)Cc2ccc(C#N)cc2)C(O)c2nccs2)c(C)c1C. The quantitative estimate of drug-likeness (QED) is 0.107. The maximum Gasteiger partial charge on any atom is 0.264 e. The summed E-state index contributed by atoms with van der Waals surface area (Å²) in [5, 5.41) is 24.9. The summed E-state index contributed by atoms with van der Waals surface area (Å²) < 4.78 is 33.9. The lowest BCUT2D eigenvalue weighted by atomic mass is 10.0. The van der Waals surface area contributed by atoms with E-state index in [1.807, 2.05) is 6.07 Å². The molecule has 14 heteroatoms. The van der Waals surface area contributed by atoms with Crippen molar-refractivity contribution in [1.82, 2.24) is 15.0 Å². The summed E-state index contributed by atoms with van der Waals surface area (Å²) in [6.45, 7) is 5.28. The highest BCUT2D eigenvalue weighted by Gasteiger charge is 2.27. The van der Waals surface area contributed by atoms with E-state index >= 15 is 0 Å². The van der Waals surface area contributed by atoms with Gasteiger partial charge in [0.1, 0.15) is 16.9 Å². The number of aromatic nitrogens is 1. The molecular weight excluding hydrogens is 590 g/mol. The highest BCUT2D eigenvalue weighted by atomic mass is 32.2. The van der Waals surface area contributed by atoms with Crippen LogP contribution in [0.25, 0.3) is 0 Å². The number of nitrogens with one attached hydrogen (secondary N) is 2. The van der Waals surface area contributed by atoms with E-state index in [0.717, 1.165) is 5.56 Å². The van der Waals surface area contributed by atoms with Crippen molar-refractivity contribution in [2.75, 3.05) is 13.7 Å². The van der Waals surface area contributed by atoms with Crippen molar-refractivity contribution in [2.45, 2.75) is 63.1 Å². The van der Waals surface area contributed by atoms with Gasteiger partial charge >= 0.3 is 0 Å². The number of hydrogen-bond donors (Lipinski definition) is 5.